The Morgan fingerprint density at radius 2 is 2.35 bits per heavy atom. The minimum Gasteiger partial charge on any atom is -0.478 e. The summed E-state index contributed by atoms with van der Waals surface area (Å²) in [7, 11) is 0. The van der Waals surface area contributed by atoms with Gasteiger partial charge in [0.25, 0.3) is 0 Å². The molecule has 0 bridgehead atoms. The van der Waals surface area contributed by atoms with E-state index in [1.165, 1.54) is 6.20 Å². The molecule has 2 heterocycles. The molecule has 1 aliphatic rings. The van der Waals surface area contributed by atoms with E-state index in [9.17, 15) is 4.79 Å². The second-order valence-electron chi connectivity index (χ2n) is 5.11. The number of rotatable bonds is 5. The van der Waals surface area contributed by atoms with Crippen molar-refractivity contribution in [2.24, 2.45) is 0 Å². The molecule has 1 saturated carbocycles. The molecule has 0 saturated heterocycles. The van der Waals surface area contributed by atoms with Crippen molar-refractivity contribution in [1.82, 2.24) is 4.98 Å². The summed E-state index contributed by atoms with van der Waals surface area (Å²) in [6.45, 7) is 2.56. The number of pyridine rings is 1. The van der Waals surface area contributed by atoms with Crippen molar-refractivity contribution in [3.63, 3.8) is 0 Å². The van der Waals surface area contributed by atoms with Gasteiger partial charge in [0.1, 0.15) is 11.6 Å². The highest BCUT2D eigenvalue weighted by Crippen LogP contribution is 2.33. The highest BCUT2D eigenvalue weighted by Gasteiger charge is 2.31. The Morgan fingerprint density at radius 1 is 1.55 bits per heavy atom. The zero-order chi connectivity index (χ0) is 14.1. The van der Waals surface area contributed by atoms with Crippen LogP contribution in [0.2, 0.25) is 0 Å². The third-order valence-electron chi connectivity index (χ3n) is 3.46. The molecule has 104 valence electrons. The lowest BCUT2D eigenvalue weighted by Gasteiger charge is -2.24. The topological polar surface area (TPSA) is 66.6 Å². The number of hydrogen-bond donors (Lipinski definition) is 1. The molecule has 2 aromatic heterocycles. The van der Waals surface area contributed by atoms with Gasteiger partial charge in [0.15, 0.2) is 0 Å². The fraction of sp³-hybridized carbons (Fsp3) is 0.333. The van der Waals surface area contributed by atoms with E-state index in [2.05, 4.69) is 9.88 Å². The van der Waals surface area contributed by atoms with Gasteiger partial charge in [-0.3, -0.25) is 0 Å². The molecular formula is C15H16N2O3. The second kappa shape index (κ2) is 5.00. The summed E-state index contributed by atoms with van der Waals surface area (Å²) in [5.74, 6) is 0.783. The van der Waals surface area contributed by atoms with Gasteiger partial charge in [-0.25, -0.2) is 9.78 Å². The van der Waals surface area contributed by atoms with Crippen LogP contribution >= 0.6 is 0 Å². The molecule has 2 aromatic rings. The van der Waals surface area contributed by atoms with E-state index in [-0.39, 0.29) is 5.56 Å². The zero-order valence-electron chi connectivity index (χ0n) is 11.2. The molecule has 3 rings (SSSR count). The number of hydrogen-bond acceptors (Lipinski definition) is 4. The van der Waals surface area contributed by atoms with Crippen molar-refractivity contribution >= 4 is 11.8 Å². The van der Waals surface area contributed by atoms with E-state index < -0.39 is 5.97 Å². The van der Waals surface area contributed by atoms with Crippen LogP contribution in [0.1, 0.15) is 34.5 Å². The first-order valence-electron chi connectivity index (χ1n) is 6.64. The van der Waals surface area contributed by atoms with Crippen LogP contribution in [0.5, 0.6) is 0 Å². The molecule has 1 fully saturated rings. The number of carboxylic acid groups (broad SMARTS) is 1. The Morgan fingerprint density at radius 3 is 2.90 bits per heavy atom. The van der Waals surface area contributed by atoms with Crippen LogP contribution in [-0.4, -0.2) is 22.1 Å². The van der Waals surface area contributed by atoms with Crippen molar-refractivity contribution in [2.45, 2.75) is 32.4 Å². The molecule has 1 aliphatic carbocycles. The van der Waals surface area contributed by atoms with Gasteiger partial charge in [0.2, 0.25) is 0 Å². The first-order valence-corrected chi connectivity index (χ1v) is 6.64. The van der Waals surface area contributed by atoms with Gasteiger partial charge in [-0.1, -0.05) is 0 Å². The Balaban J connectivity index is 1.89. The number of aromatic carboxylic acids is 1. The van der Waals surface area contributed by atoms with Gasteiger partial charge in [-0.15, -0.1) is 0 Å². The van der Waals surface area contributed by atoms with E-state index in [1.54, 1.807) is 12.3 Å². The third kappa shape index (κ3) is 2.52. The van der Waals surface area contributed by atoms with Crippen LogP contribution in [0.25, 0.3) is 0 Å². The number of carbonyl (C=O) groups is 1. The van der Waals surface area contributed by atoms with Crippen LogP contribution in [0.4, 0.5) is 5.82 Å². The monoisotopic (exact) mass is 272 g/mol. The maximum Gasteiger partial charge on any atom is 0.337 e. The minimum atomic E-state index is -0.948. The van der Waals surface area contributed by atoms with Crippen LogP contribution in [0.15, 0.2) is 35.1 Å². The van der Waals surface area contributed by atoms with Crippen LogP contribution in [0, 0.1) is 6.92 Å². The average Bonchev–Trinajstić information content (AvgIpc) is 3.14. The van der Waals surface area contributed by atoms with Gasteiger partial charge in [0.05, 0.1) is 18.4 Å². The summed E-state index contributed by atoms with van der Waals surface area (Å²) in [5, 5.41) is 9.00. The number of furan rings is 1. The lowest BCUT2D eigenvalue weighted by molar-refractivity contribution is 0.0696. The highest BCUT2D eigenvalue weighted by molar-refractivity contribution is 5.87. The van der Waals surface area contributed by atoms with E-state index in [0.29, 0.717) is 12.6 Å². The molecule has 5 nitrogen and oxygen atoms in total. The molecule has 0 spiro atoms. The lowest BCUT2D eigenvalue weighted by Crippen LogP contribution is -2.26. The summed E-state index contributed by atoms with van der Waals surface area (Å²) in [4.78, 5) is 17.5. The quantitative estimate of drug-likeness (QED) is 0.906. The summed E-state index contributed by atoms with van der Waals surface area (Å²) >= 11 is 0. The molecule has 1 N–H and O–H groups in total. The average molecular weight is 272 g/mol. The second-order valence-corrected chi connectivity index (χ2v) is 5.11. The molecule has 0 unspecified atom stereocenters. The largest absolute Gasteiger partial charge is 0.478 e. The first-order chi connectivity index (χ1) is 9.65. The van der Waals surface area contributed by atoms with Crippen molar-refractivity contribution in [2.75, 3.05) is 4.90 Å². The summed E-state index contributed by atoms with van der Waals surface area (Å²) in [6, 6.07) is 5.95. The number of nitrogens with zero attached hydrogens (tertiary/aromatic N) is 2. The van der Waals surface area contributed by atoms with Gasteiger partial charge < -0.3 is 14.4 Å². The fourth-order valence-electron chi connectivity index (χ4n) is 2.32. The van der Waals surface area contributed by atoms with Gasteiger partial charge in [-0.2, -0.15) is 0 Å². The Kier molecular flexibility index (Phi) is 3.18. The number of aryl methyl sites for hydroxylation is 1. The zero-order valence-corrected chi connectivity index (χ0v) is 11.2. The minimum absolute atomic E-state index is 0.222. The molecule has 0 atom stereocenters. The van der Waals surface area contributed by atoms with Crippen LogP contribution in [-0.2, 0) is 6.54 Å². The molecule has 0 radical (unpaired) electrons. The van der Waals surface area contributed by atoms with Crippen molar-refractivity contribution in [3.05, 3.63) is 47.5 Å². The van der Waals surface area contributed by atoms with Crippen molar-refractivity contribution in [1.29, 1.82) is 0 Å². The van der Waals surface area contributed by atoms with E-state index in [4.69, 9.17) is 9.52 Å². The lowest BCUT2D eigenvalue weighted by atomic mass is 10.2. The summed E-state index contributed by atoms with van der Waals surface area (Å²) in [5.41, 5.74) is 1.10. The molecule has 5 heteroatoms. The Bertz CT molecular complexity index is 618. The molecule has 0 aromatic carbocycles. The molecular weight excluding hydrogens is 256 g/mol. The van der Waals surface area contributed by atoms with Gasteiger partial charge >= 0.3 is 5.97 Å². The van der Waals surface area contributed by atoms with E-state index >= 15 is 0 Å². The van der Waals surface area contributed by atoms with Gasteiger partial charge in [0, 0.05) is 12.2 Å². The van der Waals surface area contributed by atoms with Gasteiger partial charge in [-0.05, 0) is 43.5 Å². The van der Waals surface area contributed by atoms with Crippen molar-refractivity contribution in [3.8, 4) is 0 Å². The number of carboxylic acids is 1. The van der Waals surface area contributed by atoms with E-state index in [0.717, 1.165) is 30.0 Å². The summed E-state index contributed by atoms with van der Waals surface area (Å²) < 4.78 is 5.40. The highest BCUT2D eigenvalue weighted by atomic mass is 16.4. The van der Waals surface area contributed by atoms with Crippen LogP contribution in [0.3, 0.4) is 0 Å². The number of anilines is 1. The van der Waals surface area contributed by atoms with Crippen LogP contribution < -0.4 is 4.90 Å². The normalized spacial score (nSPS) is 14.2. The summed E-state index contributed by atoms with van der Waals surface area (Å²) in [6.07, 6.45) is 5.36. The SMILES string of the molecule is Cc1cc(C(=O)O)cnc1N(Cc1ccco1)C1CC1. The molecule has 0 aliphatic heterocycles. The molecule has 20 heavy (non-hydrogen) atoms. The standard InChI is InChI=1S/C15H16N2O3/c1-10-7-11(15(18)19)8-16-14(10)17(12-4-5-12)9-13-3-2-6-20-13/h2-3,6-8,12H,4-5,9H2,1H3,(H,18,19). The molecule has 0 amide bonds. The fourth-order valence-corrected chi connectivity index (χ4v) is 2.32. The first kappa shape index (κ1) is 12.7. The van der Waals surface area contributed by atoms with E-state index in [1.807, 2.05) is 19.1 Å². The maximum absolute atomic E-state index is 11.0. The maximum atomic E-state index is 11.0. The predicted molar refractivity (Wildman–Crippen MR) is 73.8 cm³/mol. The third-order valence-corrected chi connectivity index (χ3v) is 3.46. The van der Waals surface area contributed by atoms with Crippen molar-refractivity contribution < 1.29 is 14.3 Å². The Hall–Kier alpha value is -2.30. The number of aromatic nitrogens is 1. The predicted octanol–water partition coefficient (Wildman–Crippen LogP) is 2.85. The smallest absolute Gasteiger partial charge is 0.337 e. The Labute approximate surface area is 116 Å².